The largest absolute Gasteiger partial charge is 0.445 e. The molecule has 1 amide bonds. The smallest absolute Gasteiger partial charge is 0.227 e. The minimum atomic E-state index is -0.703. The Labute approximate surface area is 96.7 Å². The van der Waals surface area contributed by atoms with Gasteiger partial charge in [-0.3, -0.25) is 4.79 Å². The predicted octanol–water partition coefficient (Wildman–Crippen LogP) is -4.53. The Morgan fingerprint density at radius 2 is 1.53 bits per heavy atom. The Hall–Kier alpha value is -0.920. The molecule has 8 heteroatoms. The number of benzene rings is 1. The summed E-state index contributed by atoms with van der Waals surface area (Å²) < 4.78 is 0.390. The molecule has 1 aromatic rings. The van der Waals surface area contributed by atoms with E-state index in [9.17, 15) is 4.79 Å². The minimum absolute atomic E-state index is 0.00704. The van der Waals surface area contributed by atoms with Gasteiger partial charge in [0, 0.05) is 5.56 Å². The van der Waals surface area contributed by atoms with Crippen LogP contribution in [0, 0.1) is 0 Å². The molecule has 0 spiro atoms. The zero-order valence-corrected chi connectivity index (χ0v) is 7.90. The van der Waals surface area contributed by atoms with Crippen LogP contribution >= 0.6 is 0 Å². The Kier molecular flexibility index (Phi) is 3.48. The number of hydrogen-bond acceptors (Lipinski definition) is 1. The van der Waals surface area contributed by atoms with Gasteiger partial charge < -0.3 is 4.72 Å². The minimum Gasteiger partial charge on any atom is -0.445 e. The fourth-order valence-electron chi connectivity index (χ4n) is 1.07. The van der Waals surface area contributed by atoms with E-state index in [0.717, 1.165) is 0 Å². The van der Waals surface area contributed by atoms with Crippen LogP contribution in [-0.2, 0) is 0 Å². The maximum Gasteiger partial charge on any atom is 0.227 e. The van der Waals surface area contributed by atoms with Crippen molar-refractivity contribution in [3.8, 4) is 0 Å². The van der Waals surface area contributed by atoms with Crippen LogP contribution in [0.15, 0.2) is 6.07 Å². The summed E-state index contributed by atoms with van der Waals surface area (Å²) in [7, 11) is 32.3. The van der Waals surface area contributed by atoms with Crippen molar-refractivity contribution in [2.24, 2.45) is 0 Å². The number of hydrogen-bond donors (Lipinski definition) is 0. The molecule has 0 N–H and O–H groups in total. The first-order valence-corrected chi connectivity index (χ1v) is 3.93. The summed E-state index contributed by atoms with van der Waals surface area (Å²) in [6, 6.07) is 1.27. The topological polar surface area (TPSA) is 20.3 Å². The molecule has 12 radical (unpaired) electrons. The number of rotatable bonds is 1. The lowest BCUT2D eigenvalue weighted by Gasteiger charge is -2.19. The van der Waals surface area contributed by atoms with E-state index in [1.54, 1.807) is 0 Å². The van der Waals surface area contributed by atoms with Crippen LogP contribution in [0.1, 0.15) is 10.4 Å². The summed E-state index contributed by atoms with van der Waals surface area (Å²) in [5, 5.41) is 0. The molecule has 0 aliphatic rings. The molecule has 15 heavy (non-hydrogen) atoms. The first-order valence-electron chi connectivity index (χ1n) is 3.93. The molecule has 0 saturated carbocycles. The van der Waals surface area contributed by atoms with E-state index in [0.29, 0.717) is 4.72 Å². The summed E-state index contributed by atoms with van der Waals surface area (Å²) in [4.78, 5) is 11.4. The molecule has 1 rings (SSSR count). The van der Waals surface area contributed by atoms with Gasteiger partial charge >= 0.3 is 0 Å². The molecule has 1 aromatic carbocycles. The van der Waals surface area contributed by atoms with Crippen molar-refractivity contribution in [2.75, 3.05) is 0 Å². The van der Waals surface area contributed by atoms with Gasteiger partial charge in [-0.1, -0.05) is 11.5 Å². The van der Waals surface area contributed by atoms with Crippen molar-refractivity contribution in [1.82, 2.24) is 4.72 Å². The number of nitrogens with zero attached hydrogens (tertiary/aromatic N) is 1. The Morgan fingerprint density at radius 1 is 1.00 bits per heavy atom. The maximum absolute atomic E-state index is 11.4. The number of amides is 1. The quantitative estimate of drug-likeness (QED) is 0.399. The zero-order valence-electron chi connectivity index (χ0n) is 7.90. The molecule has 0 fully saturated rings. The molecule has 0 aliphatic carbocycles. The monoisotopic (exact) mass is 181 g/mol. The van der Waals surface area contributed by atoms with Crippen molar-refractivity contribution in [3.05, 3.63) is 11.6 Å². The highest BCUT2D eigenvalue weighted by Gasteiger charge is 2.13. The summed E-state index contributed by atoms with van der Waals surface area (Å²) in [6.45, 7) is 0. The van der Waals surface area contributed by atoms with E-state index in [1.807, 2.05) is 0 Å². The second-order valence-electron chi connectivity index (χ2n) is 2.97. The van der Waals surface area contributed by atoms with E-state index >= 15 is 0 Å². The average molecular weight is 180 g/mol. The Balaban J connectivity index is 3.39. The van der Waals surface area contributed by atoms with Gasteiger partial charge in [0.2, 0.25) is 21.9 Å². The zero-order chi connectivity index (χ0) is 11.7. The molecule has 0 heterocycles. The van der Waals surface area contributed by atoms with E-state index < -0.39 is 5.91 Å². The highest BCUT2D eigenvalue weighted by Crippen LogP contribution is 1.93. The SMILES string of the molecule is [B]c1cc(C(=O)N([B])[B])c([B])c([B])c1[B]. The lowest BCUT2D eigenvalue weighted by atomic mass is 9.65. The lowest BCUT2D eigenvalue weighted by molar-refractivity contribution is 0.0924. The molecule has 0 saturated heterocycles. The van der Waals surface area contributed by atoms with Crippen LogP contribution in [0.25, 0.3) is 0 Å². The van der Waals surface area contributed by atoms with E-state index in [-0.39, 0.29) is 27.4 Å². The number of carbonyl (C=O) groups is 1. The van der Waals surface area contributed by atoms with Gasteiger partial charge in [0.15, 0.2) is 0 Å². The summed E-state index contributed by atoms with van der Waals surface area (Å²) in [5.41, 5.74) is 0.341. The van der Waals surface area contributed by atoms with Gasteiger partial charge in [-0.2, -0.15) is 0 Å². The molecule has 0 bridgehead atoms. The van der Waals surface area contributed by atoms with Crippen LogP contribution in [0.4, 0.5) is 0 Å². The third-order valence-corrected chi connectivity index (χ3v) is 1.95. The van der Waals surface area contributed by atoms with Crippen LogP contribution in [-0.4, -0.2) is 58.0 Å². The summed E-state index contributed by atoms with van der Waals surface area (Å²) >= 11 is 0. The second-order valence-corrected chi connectivity index (χ2v) is 2.97. The second kappa shape index (κ2) is 4.30. The van der Waals surface area contributed by atoms with E-state index in [4.69, 9.17) is 47.3 Å². The predicted molar refractivity (Wildman–Crippen MR) is 65.7 cm³/mol. The van der Waals surface area contributed by atoms with Gasteiger partial charge in [-0.15, -0.1) is 16.4 Å². The van der Waals surface area contributed by atoms with Gasteiger partial charge in [0.1, 0.15) is 31.4 Å². The van der Waals surface area contributed by atoms with Crippen LogP contribution in [0.5, 0.6) is 0 Å². The molecule has 0 aromatic heterocycles. The normalized spacial score (nSPS) is 9.87. The van der Waals surface area contributed by atoms with Crippen LogP contribution in [0.2, 0.25) is 0 Å². The Bertz CT molecular complexity index is 418. The molecular formula is C7HB6NO. The number of carbonyl (C=O) groups excluding carboxylic acids is 1. The first kappa shape index (κ1) is 12.2. The van der Waals surface area contributed by atoms with E-state index in [1.165, 1.54) is 6.07 Å². The third kappa shape index (κ3) is 2.19. The molecule has 58 valence electrons. The molecular weight excluding hydrogens is 179 g/mol. The van der Waals surface area contributed by atoms with Crippen LogP contribution < -0.4 is 21.9 Å². The van der Waals surface area contributed by atoms with Crippen molar-refractivity contribution < 1.29 is 4.79 Å². The molecule has 0 atom stereocenters. The fourth-order valence-corrected chi connectivity index (χ4v) is 1.07. The van der Waals surface area contributed by atoms with Gasteiger partial charge in [-0.25, -0.2) is 0 Å². The lowest BCUT2D eigenvalue weighted by Crippen LogP contribution is -2.50. The van der Waals surface area contributed by atoms with Crippen molar-refractivity contribution in [1.29, 1.82) is 0 Å². The van der Waals surface area contributed by atoms with Crippen molar-refractivity contribution in [3.63, 3.8) is 0 Å². The standard InChI is InChI=1S/C7HB6NO/c8-3-1-2(7(15)14(12)13)4(9)6(11)5(3)10/h1H. The highest BCUT2D eigenvalue weighted by molar-refractivity contribution is 6.63. The van der Waals surface area contributed by atoms with Crippen LogP contribution in [0.3, 0.4) is 0 Å². The fraction of sp³-hybridized carbons (Fsp3) is 0. The maximum atomic E-state index is 11.4. The molecule has 0 aliphatic heterocycles. The van der Waals surface area contributed by atoms with Gasteiger partial charge in [-0.05, 0) is 0 Å². The van der Waals surface area contributed by atoms with Crippen molar-refractivity contribution >= 4 is 75.1 Å². The summed E-state index contributed by atoms with van der Waals surface area (Å²) in [6.07, 6.45) is 0. The first-order chi connectivity index (χ1) is 6.86. The van der Waals surface area contributed by atoms with Crippen molar-refractivity contribution in [2.45, 2.75) is 0 Å². The van der Waals surface area contributed by atoms with E-state index in [2.05, 4.69) is 0 Å². The summed E-state index contributed by atoms with van der Waals surface area (Å²) in [5.74, 6) is -0.703. The Morgan fingerprint density at radius 3 is 2.00 bits per heavy atom. The average Bonchev–Trinajstić information content (AvgIpc) is 2.19. The highest BCUT2D eigenvalue weighted by atomic mass is 16.2. The molecule has 0 unspecified atom stereocenters. The third-order valence-electron chi connectivity index (χ3n) is 1.95. The van der Waals surface area contributed by atoms with Gasteiger partial charge in [0.05, 0.1) is 0 Å². The molecule has 2 nitrogen and oxygen atoms in total. The van der Waals surface area contributed by atoms with Gasteiger partial charge in [0.25, 0.3) is 0 Å².